The molecule has 0 saturated carbocycles. The Labute approximate surface area is 228 Å². The number of nitrogens with zero attached hydrogens (tertiary/aromatic N) is 1. The van der Waals surface area contributed by atoms with E-state index in [1.807, 2.05) is 91.0 Å². The highest BCUT2D eigenvalue weighted by Crippen LogP contribution is 2.40. The van der Waals surface area contributed by atoms with Gasteiger partial charge in [0, 0.05) is 56.4 Å². The van der Waals surface area contributed by atoms with Crippen molar-refractivity contribution in [2.75, 3.05) is 5.32 Å². The first-order valence-corrected chi connectivity index (χ1v) is 12.8. The minimum absolute atomic E-state index is 0.131. The van der Waals surface area contributed by atoms with E-state index in [0.29, 0.717) is 22.3 Å². The molecule has 3 heterocycles. The van der Waals surface area contributed by atoms with Gasteiger partial charge in [-0.15, -0.1) is 0 Å². The number of nitrogens with one attached hydrogen (secondary N) is 4. The second-order valence-corrected chi connectivity index (χ2v) is 9.69. The number of thiocarbonyl (C=S) groups is 1. The number of benzene rings is 4. The number of fused-ring (bicyclic) bond motifs is 3. The number of para-hydroxylation sites is 2. The Morgan fingerprint density at radius 3 is 1.77 bits per heavy atom. The summed E-state index contributed by atoms with van der Waals surface area (Å²) in [6.45, 7) is 0. The average molecular weight is 528 g/mol. The molecule has 0 bridgehead atoms. The van der Waals surface area contributed by atoms with Crippen molar-refractivity contribution in [3.8, 4) is 0 Å². The summed E-state index contributed by atoms with van der Waals surface area (Å²) in [7, 11) is 0. The summed E-state index contributed by atoms with van der Waals surface area (Å²) in [5.41, 5.74) is 7.30. The van der Waals surface area contributed by atoms with Gasteiger partial charge in [0.25, 0.3) is 11.8 Å². The molecule has 4 N–H and O–H groups in total. The van der Waals surface area contributed by atoms with E-state index in [-0.39, 0.29) is 5.11 Å². The Kier molecular flexibility index (Phi) is 5.28. The van der Waals surface area contributed by atoms with Crippen molar-refractivity contribution in [2.24, 2.45) is 0 Å². The van der Waals surface area contributed by atoms with Crippen molar-refractivity contribution < 1.29 is 9.59 Å². The highest BCUT2D eigenvalue weighted by atomic mass is 32.1. The molecule has 1 aliphatic rings. The predicted octanol–water partition coefficient (Wildman–Crippen LogP) is 5.98. The predicted molar refractivity (Wildman–Crippen MR) is 159 cm³/mol. The largest absolute Gasteiger partial charge is 0.361 e. The maximum Gasteiger partial charge on any atom is 0.281 e. The Bertz CT molecular complexity index is 1900. The van der Waals surface area contributed by atoms with Gasteiger partial charge in [-0.1, -0.05) is 72.8 Å². The summed E-state index contributed by atoms with van der Waals surface area (Å²) in [5.74, 6) is -0.959. The molecule has 7 rings (SSSR count). The van der Waals surface area contributed by atoms with Crippen LogP contribution in [-0.2, 0) is 9.59 Å². The van der Waals surface area contributed by atoms with E-state index in [1.54, 1.807) is 12.4 Å². The molecule has 8 heteroatoms. The third kappa shape index (κ3) is 3.69. The van der Waals surface area contributed by atoms with Gasteiger partial charge < -0.3 is 15.3 Å². The molecule has 188 valence electrons. The molecule has 0 unspecified atom stereocenters. The summed E-state index contributed by atoms with van der Waals surface area (Å²) < 4.78 is 0. The molecule has 0 saturated heterocycles. The lowest BCUT2D eigenvalue weighted by Gasteiger charge is -2.19. The minimum atomic E-state index is -0.480. The number of carbonyl (C=O) groups is 2. The quantitative estimate of drug-likeness (QED) is 0.167. The van der Waals surface area contributed by atoms with Crippen LogP contribution in [0.3, 0.4) is 0 Å². The first-order chi connectivity index (χ1) is 19.1. The van der Waals surface area contributed by atoms with Gasteiger partial charge in [-0.05, 0) is 35.8 Å². The normalized spacial score (nSPS) is 13.7. The Hall–Kier alpha value is -5.21. The van der Waals surface area contributed by atoms with E-state index in [0.717, 1.165) is 43.3 Å². The smallest absolute Gasteiger partial charge is 0.281 e. The zero-order valence-electron chi connectivity index (χ0n) is 20.5. The fraction of sp³-hybridized carbons (Fsp3) is 0. The van der Waals surface area contributed by atoms with E-state index < -0.39 is 11.8 Å². The van der Waals surface area contributed by atoms with Crippen LogP contribution in [0, 0.1) is 0 Å². The van der Waals surface area contributed by atoms with Crippen LogP contribution >= 0.6 is 12.2 Å². The van der Waals surface area contributed by atoms with Gasteiger partial charge in [-0.3, -0.25) is 15.0 Å². The number of hydrazine groups is 1. The molecule has 0 atom stereocenters. The van der Waals surface area contributed by atoms with Gasteiger partial charge in [0.1, 0.15) is 0 Å². The van der Waals surface area contributed by atoms with Crippen LogP contribution in [0.4, 0.5) is 5.69 Å². The molecular weight excluding hydrogens is 506 g/mol. The molecular formula is C31H21N5O2S. The number of aromatic amines is 2. The molecule has 0 spiro atoms. The zero-order chi connectivity index (χ0) is 26.5. The summed E-state index contributed by atoms with van der Waals surface area (Å²) in [6, 6.07) is 29.1. The second-order valence-electron chi connectivity index (χ2n) is 9.28. The molecule has 0 aliphatic carbocycles. The lowest BCUT2D eigenvalue weighted by molar-refractivity contribution is -0.138. The van der Waals surface area contributed by atoms with Gasteiger partial charge in [-0.25, -0.2) is 0 Å². The summed E-state index contributed by atoms with van der Waals surface area (Å²) in [4.78, 5) is 34.4. The lowest BCUT2D eigenvalue weighted by Crippen LogP contribution is -2.48. The molecule has 6 aromatic rings. The molecule has 4 aromatic carbocycles. The minimum Gasteiger partial charge on any atom is -0.361 e. The standard InChI is InChI=1S/C31H21N5O2S/c37-29-27(22-16-32-24-13-5-3-11-20(22)24)28(23-17-33-25-14-6-4-12-21(23)25)30(38)36(29)35-31(39)34-26-15-7-9-18-8-1-2-10-19(18)26/h1-17,32-33H,(H2,34,35,39). The molecule has 0 radical (unpaired) electrons. The number of amides is 2. The Morgan fingerprint density at radius 2 is 1.15 bits per heavy atom. The molecule has 0 fully saturated rings. The van der Waals surface area contributed by atoms with Crippen LogP contribution in [0.5, 0.6) is 0 Å². The van der Waals surface area contributed by atoms with Crippen LogP contribution in [0.1, 0.15) is 11.1 Å². The monoisotopic (exact) mass is 527 g/mol. The van der Waals surface area contributed by atoms with Crippen LogP contribution in [0.2, 0.25) is 0 Å². The fourth-order valence-electron chi connectivity index (χ4n) is 5.27. The summed E-state index contributed by atoms with van der Waals surface area (Å²) in [6.07, 6.45) is 3.55. The number of aromatic nitrogens is 2. The van der Waals surface area contributed by atoms with Crippen LogP contribution in [0.25, 0.3) is 43.7 Å². The van der Waals surface area contributed by atoms with Crippen LogP contribution in [-0.4, -0.2) is 31.9 Å². The number of hydrogen-bond donors (Lipinski definition) is 4. The first-order valence-electron chi connectivity index (χ1n) is 12.4. The maximum atomic E-state index is 14.0. The molecule has 1 aliphatic heterocycles. The van der Waals surface area contributed by atoms with Crippen molar-refractivity contribution in [2.45, 2.75) is 0 Å². The molecule has 7 nitrogen and oxygen atoms in total. The van der Waals surface area contributed by atoms with Crippen molar-refractivity contribution in [1.29, 1.82) is 0 Å². The third-order valence-electron chi connectivity index (χ3n) is 7.05. The second kappa shape index (κ2) is 8.97. The van der Waals surface area contributed by atoms with Crippen molar-refractivity contribution in [1.82, 2.24) is 20.4 Å². The topological polar surface area (TPSA) is 93.0 Å². The third-order valence-corrected chi connectivity index (χ3v) is 7.25. The Balaban J connectivity index is 1.30. The van der Waals surface area contributed by atoms with Crippen molar-refractivity contribution >= 4 is 78.6 Å². The molecule has 2 amide bonds. The van der Waals surface area contributed by atoms with Gasteiger partial charge >= 0.3 is 0 Å². The number of rotatable bonds is 4. The number of carbonyl (C=O) groups excluding carboxylic acids is 2. The van der Waals surface area contributed by atoms with Gasteiger partial charge in [-0.2, -0.15) is 5.01 Å². The SMILES string of the molecule is O=C1C(c2c[nH]c3ccccc23)=C(c2c[nH]c3ccccc23)C(=O)N1NC(=S)Nc1cccc2ccccc12. The van der Waals surface area contributed by atoms with Crippen molar-refractivity contribution in [3.05, 3.63) is 115 Å². The number of hydrogen-bond acceptors (Lipinski definition) is 3. The molecule has 2 aromatic heterocycles. The summed E-state index contributed by atoms with van der Waals surface area (Å²) in [5, 5.41) is 8.00. The van der Waals surface area contributed by atoms with E-state index in [9.17, 15) is 9.59 Å². The highest BCUT2D eigenvalue weighted by Gasteiger charge is 2.42. The molecule has 39 heavy (non-hydrogen) atoms. The van der Waals surface area contributed by atoms with E-state index in [2.05, 4.69) is 20.7 Å². The fourth-order valence-corrected chi connectivity index (χ4v) is 5.48. The number of H-pyrrole nitrogens is 2. The van der Waals surface area contributed by atoms with Crippen molar-refractivity contribution in [3.63, 3.8) is 0 Å². The van der Waals surface area contributed by atoms with E-state index in [4.69, 9.17) is 12.2 Å². The average Bonchev–Trinajstić information content (AvgIpc) is 3.64. The number of anilines is 1. The lowest BCUT2D eigenvalue weighted by atomic mass is 9.95. The van der Waals surface area contributed by atoms with Gasteiger partial charge in [0.15, 0.2) is 5.11 Å². The zero-order valence-corrected chi connectivity index (χ0v) is 21.3. The number of imide groups is 1. The summed E-state index contributed by atoms with van der Waals surface area (Å²) >= 11 is 5.57. The first kappa shape index (κ1) is 22.9. The van der Waals surface area contributed by atoms with E-state index in [1.165, 1.54) is 0 Å². The highest BCUT2D eigenvalue weighted by molar-refractivity contribution is 7.80. The maximum absolute atomic E-state index is 14.0. The van der Waals surface area contributed by atoms with Crippen LogP contribution in [0.15, 0.2) is 103 Å². The van der Waals surface area contributed by atoms with Gasteiger partial charge in [0.05, 0.1) is 11.1 Å². The van der Waals surface area contributed by atoms with E-state index >= 15 is 0 Å². The van der Waals surface area contributed by atoms with Gasteiger partial charge in [0.2, 0.25) is 0 Å². The van der Waals surface area contributed by atoms with Crippen LogP contribution < -0.4 is 10.7 Å². The Morgan fingerprint density at radius 1 is 0.641 bits per heavy atom.